The third-order valence-corrected chi connectivity index (χ3v) is 5.64. The quantitative estimate of drug-likeness (QED) is 0.689. The number of hydrogen-bond acceptors (Lipinski definition) is 5. The average molecular weight is 289 g/mol. The standard InChI is InChI=1S/C13H11N3OS2/c1-17-8-2-3-10-9(6-8)11-12(19-10)13-15-14-7-16(13)4-5-18-11/h2-3,6-7H,4-5H2,1H3. The molecule has 96 valence electrons. The second kappa shape index (κ2) is 4.25. The van der Waals surface area contributed by atoms with Crippen molar-refractivity contribution < 1.29 is 4.74 Å². The lowest BCUT2D eigenvalue weighted by Crippen LogP contribution is -1.97. The first-order chi connectivity index (χ1) is 9.36. The topological polar surface area (TPSA) is 39.9 Å². The van der Waals surface area contributed by atoms with Crippen LogP contribution >= 0.6 is 23.1 Å². The van der Waals surface area contributed by atoms with Gasteiger partial charge in [0.15, 0.2) is 5.82 Å². The summed E-state index contributed by atoms with van der Waals surface area (Å²) in [5.74, 6) is 2.93. The Labute approximate surface area is 118 Å². The molecule has 0 bridgehead atoms. The van der Waals surface area contributed by atoms with Crippen LogP contribution in [0.4, 0.5) is 0 Å². The van der Waals surface area contributed by atoms with Gasteiger partial charge in [-0.05, 0) is 18.2 Å². The van der Waals surface area contributed by atoms with Crippen LogP contribution in [-0.4, -0.2) is 27.6 Å². The summed E-state index contributed by atoms with van der Waals surface area (Å²) >= 11 is 3.67. The maximum absolute atomic E-state index is 5.33. The molecule has 4 nitrogen and oxygen atoms in total. The molecule has 1 aliphatic heterocycles. The monoisotopic (exact) mass is 289 g/mol. The molecule has 0 fully saturated rings. The van der Waals surface area contributed by atoms with Gasteiger partial charge in [-0.1, -0.05) is 0 Å². The number of methoxy groups -OCH3 is 1. The Morgan fingerprint density at radius 3 is 3.21 bits per heavy atom. The van der Waals surface area contributed by atoms with Crippen LogP contribution in [0.3, 0.4) is 0 Å². The Morgan fingerprint density at radius 1 is 1.37 bits per heavy atom. The number of fused-ring (bicyclic) bond motifs is 5. The predicted molar refractivity (Wildman–Crippen MR) is 78.1 cm³/mol. The highest BCUT2D eigenvalue weighted by atomic mass is 32.2. The van der Waals surface area contributed by atoms with E-state index < -0.39 is 0 Å². The lowest BCUT2D eigenvalue weighted by atomic mass is 10.2. The van der Waals surface area contributed by atoms with E-state index in [0.29, 0.717) is 0 Å². The molecular weight excluding hydrogens is 278 g/mol. The Bertz CT molecular complexity index is 762. The van der Waals surface area contributed by atoms with Crippen LogP contribution in [0, 0.1) is 0 Å². The molecule has 0 saturated carbocycles. The van der Waals surface area contributed by atoms with Crippen LogP contribution in [0.25, 0.3) is 20.8 Å². The molecule has 19 heavy (non-hydrogen) atoms. The Hall–Kier alpha value is -1.53. The number of ether oxygens (including phenoxy) is 1. The summed E-state index contributed by atoms with van der Waals surface area (Å²) in [4.78, 5) is 2.54. The van der Waals surface area contributed by atoms with Crippen LogP contribution < -0.4 is 4.74 Å². The fourth-order valence-electron chi connectivity index (χ4n) is 2.31. The van der Waals surface area contributed by atoms with Gasteiger partial charge < -0.3 is 9.30 Å². The highest BCUT2D eigenvalue weighted by molar-refractivity contribution is 7.99. The number of thiophene rings is 1. The molecule has 3 aromatic rings. The van der Waals surface area contributed by atoms with Crippen molar-refractivity contribution >= 4 is 33.2 Å². The summed E-state index contributed by atoms with van der Waals surface area (Å²) < 4.78 is 8.73. The first kappa shape index (κ1) is 11.3. The molecule has 0 N–H and O–H groups in total. The molecule has 0 unspecified atom stereocenters. The molecule has 3 heterocycles. The van der Waals surface area contributed by atoms with Gasteiger partial charge in [0, 0.05) is 27.3 Å². The van der Waals surface area contributed by atoms with Gasteiger partial charge in [0.25, 0.3) is 0 Å². The van der Waals surface area contributed by atoms with E-state index in [1.54, 1.807) is 18.4 Å². The first-order valence-corrected chi connectivity index (χ1v) is 7.78. The molecule has 1 aromatic carbocycles. The van der Waals surface area contributed by atoms with Crippen molar-refractivity contribution in [2.75, 3.05) is 12.9 Å². The van der Waals surface area contributed by atoms with Gasteiger partial charge in [-0.2, -0.15) is 0 Å². The third-order valence-electron chi connectivity index (χ3n) is 3.25. The average Bonchev–Trinajstić information content (AvgIpc) is 2.99. The first-order valence-electron chi connectivity index (χ1n) is 5.98. The highest BCUT2D eigenvalue weighted by Gasteiger charge is 2.21. The van der Waals surface area contributed by atoms with E-state index in [1.807, 2.05) is 24.2 Å². The molecule has 0 aliphatic carbocycles. The fraction of sp³-hybridized carbons (Fsp3) is 0.231. The van der Waals surface area contributed by atoms with Gasteiger partial charge in [0.2, 0.25) is 0 Å². The second-order valence-corrected chi connectivity index (χ2v) is 6.48. The molecule has 2 aromatic heterocycles. The minimum atomic E-state index is 0.902. The summed E-state index contributed by atoms with van der Waals surface area (Å²) in [6.07, 6.45) is 1.82. The molecule has 0 spiro atoms. The van der Waals surface area contributed by atoms with Crippen LogP contribution in [0.15, 0.2) is 29.4 Å². The van der Waals surface area contributed by atoms with E-state index >= 15 is 0 Å². The number of aromatic nitrogens is 3. The second-order valence-electron chi connectivity index (χ2n) is 4.32. The summed E-state index contributed by atoms with van der Waals surface area (Å²) in [6, 6.07) is 6.24. The van der Waals surface area contributed by atoms with Gasteiger partial charge in [-0.15, -0.1) is 33.3 Å². The predicted octanol–water partition coefficient (Wildman–Crippen LogP) is 3.27. The minimum absolute atomic E-state index is 0.902. The highest BCUT2D eigenvalue weighted by Crippen LogP contribution is 2.46. The minimum Gasteiger partial charge on any atom is -0.497 e. The number of rotatable bonds is 1. The van der Waals surface area contributed by atoms with Gasteiger partial charge in [0.1, 0.15) is 12.1 Å². The maximum Gasteiger partial charge on any atom is 0.175 e. The van der Waals surface area contributed by atoms with Crippen LogP contribution in [-0.2, 0) is 6.54 Å². The number of nitrogens with zero attached hydrogens (tertiary/aromatic N) is 3. The molecule has 0 amide bonds. The van der Waals surface area contributed by atoms with Crippen molar-refractivity contribution in [3.05, 3.63) is 24.5 Å². The maximum atomic E-state index is 5.33. The van der Waals surface area contributed by atoms with Crippen LogP contribution in [0.2, 0.25) is 0 Å². The van der Waals surface area contributed by atoms with E-state index in [2.05, 4.69) is 26.9 Å². The van der Waals surface area contributed by atoms with Crippen molar-refractivity contribution in [3.8, 4) is 16.5 Å². The van der Waals surface area contributed by atoms with Crippen molar-refractivity contribution in [2.24, 2.45) is 0 Å². The summed E-state index contributed by atoms with van der Waals surface area (Å²) in [5, 5.41) is 9.57. The largest absolute Gasteiger partial charge is 0.497 e. The van der Waals surface area contributed by atoms with Crippen molar-refractivity contribution in [1.29, 1.82) is 0 Å². The van der Waals surface area contributed by atoms with Crippen LogP contribution in [0.1, 0.15) is 0 Å². The van der Waals surface area contributed by atoms with Gasteiger partial charge in [-0.25, -0.2) is 0 Å². The number of benzene rings is 1. The molecule has 6 heteroatoms. The van der Waals surface area contributed by atoms with Gasteiger partial charge in [-0.3, -0.25) is 0 Å². The van der Waals surface area contributed by atoms with Crippen LogP contribution in [0.5, 0.6) is 5.75 Å². The van der Waals surface area contributed by atoms with E-state index in [9.17, 15) is 0 Å². The normalized spacial score (nSPS) is 13.9. The lowest BCUT2D eigenvalue weighted by molar-refractivity contribution is 0.415. The molecule has 4 rings (SSSR count). The van der Waals surface area contributed by atoms with Crippen molar-refractivity contribution in [2.45, 2.75) is 11.4 Å². The summed E-state index contributed by atoms with van der Waals surface area (Å²) in [5.41, 5.74) is 0. The van der Waals surface area contributed by atoms with E-state index in [-0.39, 0.29) is 0 Å². The number of hydrogen-bond donors (Lipinski definition) is 0. The van der Waals surface area contributed by atoms with Crippen molar-refractivity contribution in [1.82, 2.24) is 14.8 Å². The zero-order chi connectivity index (χ0) is 12.8. The Balaban J connectivity index is 2.03. The Kier molecular flexibility index (Phi) is 2.53. The Morgan fingerprint density at radius 2 is 2.32 bits per heavy atom. The summed E-state index contributed by atoms with van der Waals surface area (Å²) in [6.45, 7) is 0.958. The van der Waals surface area contributed by atoms with Gasteiger partial charge in [0.05, 0.1) is 12.0 Å². The molecule has 1 aliphatic rings. The van der Waals surface area contributed by atoms with Gasteiger partial charge >= 0.3 is 0 Å². The summed E-state index contributed by atoms with van der Waals surface area (Å²) in [7, 11) is 1.70. The number of thioether (sulfide) groups is 1. The smallest absolute Gasteiger partial charge is 0.175 e. The van der Waals surface area contributed by atoms with E-state index in [0.717, 1.165) is 23.9 Å². The SMILES string of the molecule is COc1ccc2sc3c(c2c1)SCCn1cnnc1-3. The fourth-order valence-corrected chi connectivity index (χ4v) is 4.80. The number of aryl methyl sites for hydroxylation is 1. The van der Waals surface area contributed by atoms with E-state index in [4.69, 9.17) is 4.74 Å². The van der Waals surface area contributed by atoms with E-state index in [1.165, 1.54) is 19.9 Å². The molecule has 0 atom stereocenters. The lowest BCUT2D eigenvalue weighted by Gasteiger charge is -2.01. The molecular formula is C13H11N3OS2. The van der Waals surface area contributed by atoms with Crippen molar-refractivity contribution in [3.63, 3.8) is 0 Å². The zero-order valence-electron chi connectivity index (χ0n) is 10.3. The third kappa shape index (κ3) is 1.67. The molecule has 0 saturated heterocycles. The zero-order valence-corrected chi connectivity index (χ0v) is 11.9. The molecule has 0 radical (unpaired) electrons.